The Labute approximate surface area is 192 Å². The smallest absolute Gasteiger partial charge is 0.159 e. The van der Waals surface area contributed by atoms with Gasteiger partial charge >= 0.3 is 0 Å². The largest absolute Gasteiger partial charge is 0.295 e. The molecule has 31 heavy (non-hydrogen) atoms. The molecule has 0 amide bonds. The fourth-order valence-corrected chi connectivity index (χ4v) is 11.3. The lowest BCUT2D eigenvalue weighted by Gasteiger charge is -2.72. The molecule has 0 N–H and O–H groups in total. The third kappa shape index (κ3) is 2.59. The minimum Gasteiger partial charge on any atom is -0.295 e. The van der Waals surface area contributed by atoms with Crippen molar-refractivity contribution in [1.29, 1.82) is 0 Å². The molecule has 4 fully saturated rings. The average molecular weight is 425 g/mol. The molecule has 0 radical (unpaired) electrons. The van der Waals surface area contributed by atoms with Gasteiger partial charge in [-0.15, -0.1) is 0 Å². The molecule has 0 spiro atoms. The van der Waals surface area contributed by atoms with Crippen LogP contribution in [0, 0.1) is 50.7 Å². The first-order valence-corrected chi connectivity index (χ1v) is 13.6. The van der Waals surface area contributed by atoms with Gasteiger partial charge in [0.05, 0.1) is 0 Å². The van der Waals surface area contributed by atoms with Gasteiger partial charge in [0.2, 0.25) is 0 Å². The molecule has 1 nitrogen and oxygen atoms in total. The summed E-state index contributed by atoms with van der Waals surface area (Å²) in [6, 6.07) is 0. The number of hydrogen-bond donors (Lipinski definition) is 0. The maximum atomic E-state index is 13.2. The van der Waals surface area contributed by atoms with Crippen LogP contribution in [-0.2, 0) is 4.79 Å². The molecule has 0 aliphatic heterocycles. The first-order chi connectivity index (χ1) is 14.3. The van der Waals surface area contributed by atoms with E-state index in [4.69, 9.17) is 0 Å². The Morgan fingerprint density at radius 3 is 2.10 bits per heavy atom. The maximum Gasteiger partial charge on any atom is 0.159 e. The Morgan fingerprint density at radius 1 is 0.774 bits per heavy atom. The molecule has 0 aromatic carbocycles. The van der Waals surface area contributed by atoms with Crippen molar-refractivity contribution in [2.24, 2.45) is 50.7 Å². The van der Waals surface area contributed by atoms with Crippen LogP contribution in [0.2, 0.25) is 0 Å². The van der Waals surface area contributed by atoms with Crippen LogP contribution in [0.25, 0.3) is 0 Å². The number of fused-ring (bicyclic) bond motifs is 7. The van der Waals surface area contributed by atoms with E-state index >= 15 is 0 Å². The minimum absolute atomic E-state index is 0.126. The molecule has 1 heteroatoms. The van der Waals surface area contributed by atoms with Crippen LogP contribution in [0.15, 0.2) is 11.1 Å². The van der Waals surface area contributed by atoms with Crippen molar-refractivity contribution in [2.45, 2.75) is 120 Å². The van der Waals surface area contributed by atoms with E-state index in [-0.39, 0.29) is 5.41 Å². The topological polar surface area (TPSA) is 17.1 Å². The fourth-order valence-electron chi connectivity index (χ4n) is 11.3. The number of carbonyl (C=O) groups is 1. The van der Waals surface area contributed by atoms with Gasteiger partial charge in [-0.3, -0.25) is 4.79 Å². The van der Waals surface area contributed by atoms with E-state index in [1.54, 1.807) is 5.57 Å². The van der Waals surface area contributed by atoms with Gasteiger partial charge in [-0.2, -0.15) is 0 Å². The first kappa shape index (κ1) is 22.2. The number of ketones is 1. The SMILES string of the molecule is CC(C)C1=C2CC[C@]3(C)[C@H](CC[C@@H]4[C@@]5(C)CCCC(C)(C)[C@@H]5CC[C@]43C)[C@@]2(C)CC1=O. The Hall–Kier alpha value is -0.590. The van der Waals surface area contributed by atoms with Crippen LogP contribution < -0.4 is 0 Å². The number of carbonyl (C=O) groups excluding carboxylic acids is 1. The monoisotopic (exact) mass is 424 g/mol. The molecule has 0 aromatic heterocycles. The number of hydrogen-bond acceptors (Lipinski definition) is 1. The van der Waals surface area contributed by atoms with E-state index < -0.39 is 0 Å². The number of Topliss-reactive ketones (excluding diaryl/α,β-unsaturated/α-hetero) is 1. The van der Waals surface area contributed by atoms with Crippen LogP contribution in [0.3, 0.4) is 0 Å². The summed E-state index contributed by atoms with van der Waals surface area (Å²) in [6.45, 7) is 20.2. The predicted octanol–water partition coefficient (Wildman–Crippen LogP) is 8.38. The normalized spacial score (nSPS) is 51.3. The summed E-state index contributed by atoms with van der Waals surface area (Å²) in [7, 11) is 0. The summed E-state index contributed by atoms with van der Waals surface area (Å²) in [5.41, 5.74) is 4.74. The highest BCUT2D eigenvalue weighted by atomic mass is 16.1. The van der Waals surface area contributed by atoms with E-state index in [9.17, 15) is 4.79 Å². The molecule has 0 bridgehead atoms. The van der Waals surface area contributed by atoms with E-state index in [0.717, 1.165) is 18.3 Å². The molecule has 4 saturated carbocycles. The van der Waals surface area contributed by atoms with Crippen molar-refractivity contribution >= 4 is 5.78 Å². The van der Waals surface area contributed by atoms with Gasteiger partial charge < -0.3 is 0 Å². The molecular weight excluding hydrogens is 376 g/mol. The average Bonchev–Trinajstić information content (AvgIpc) is 2.91. The lowest BCUT2D eigenvalue weighted by Crippen LogP contribution is -2.65. The third-order valence-electron chi connectivity index (χ3n) is 12.7. The van der Waals surface area contributed by atoms with Crippen molar-refractivity contribution in [3.8, 4) is 0 Å². The summed E-state index contributed by atoms with van der Waals surface area (Å²) in [4.78, 5) is 13.2. The zero-order chi connectivity index (χ0) is 22.6. The summed E-state index contributed by atoms with van der Waals surface area (Å²) < 4.78 is 0. The van der Waals surface area contributed by atoms with Crippen LogP contribution in [0.1, 0.15) is 120 Å². The van der Waals surface area contributed by atoms with E-state index in [2.05, 4.69) is 55.4 Å². The molecule has 0 heterocycles. The fraction of sp³-hybridized carbons (Fsp3) is 0.900. The highest BCUT2D eigenvalue weighted by Gasteiger charge is 2.69. The van der Waals surface area contributed by atoms with Crippen LogP contribution >= 0.6 is 0 Å². The van der Waals surface area contributed by atoms with Crippen molar-refractivity contribution < 1.29 is 4.79 Å². The summed E-state index contributed by atoms with van der Waals surface area (Å²) in [5, 5.41) is 0. The minimum atomic E-state index is 0.126. The molecule has 0 saturated heterocycles. The second-order valence-corrected chi connectivity index (χ2v) is 14.5. The standard InChI is InChI=1S/C30H48O/c1-19(2)25-20-12-16-29(7)24(28(20,6)18-21(25)31)11-10-23-27(5)15-9-14-26(3,4)22(27)13-17-30(23,29)8/h19,22-24H,9-18H2,1-8H3/t22-,23+,24+,27-,28-,29+,30+/m0/s1. The molecule has 5 aliphatic carbocycles. The Morgan fingerprint density at radius 2 is 1.42 bits per heavy atom. The van der Waals surface area contributed by atoms with Gasteiger partial charge in [0.15, 0.2) is 5.78 Å². The molecule has 7 atom stereocenters. The van der Waals surface area contributed by atoms with Gasteiger partial charge in [0, 0.05) is 6.42 Å². The van der Waals surface area contributed by atoms with Crippen LogP contribution in [0.5, 0.6) is 0 Å². The number of rotatable bonds is 1. The van der Waals surface area contributed by atoms with Gasteiger partial charge in [-0.1, -0.05) is 67.4 Å². The van der Waals surface area contributed by atoms with Crippen molar-refractivity contribution in [2.75, 3.05) is 0 Å². The lowest BCUT2D eigenvalue weighted by molar-refractivity contribution is -0.226. The van der Waals surface area contributed by atoms with E-state index in [1.807, 2.05) is 0 Å². The van der Waals surface area contributed by atoms with Crippen LogP contribution in [-0.4, -0.2) is 5.78 Å². The quantitative estimate of drug-likeness (QED) is 0.413. The Kier molecular flexibility index (Phi) is 4.66. The highest BCUT2D eigenvalue weighted by Crippen LogP contribution is 2.77. The maximum absolute atomic E-state index is 13.2. The summed E-state index contributed by atoms with van der Waals surface area (Å²) in [5.74, 6) is 3.30. The van der Waals surface area contributed by atoms with Gasteiger partial charge in [-0.25, -0.2) is 0 Å². The zero-order valence-corrected chi connectivity index (χ0v) is 21.8. The number of allylic oxidation sites excluding steroid dienone is 2. The second-order valence-electron chi connectivity index (χ2n) is 14.5. The van der Waals surface area contributed by atoms with Gasteiger partial charge in [0.1, 0.15) is 0 Å². The second kappa shape index (κ2) is 6.50. The molecule has 174 valence electrons. The first-order valence-electron chi connectivity index (χ1n) is 13.6. The van der Waals surface area contributed by atoms with Gasteiger partial charge in [0.25, 0.3) is 0 Å². The summed E-state index contributed by atoms with van der Waals surface area (Å²) >= 11 is 0. The van der Waals surface area contributed by atoms with Crippen LogP contribution in [0.4, 0.5) is 0 Å². The van der Waals surface area contributed by atoms with Gasteiger partial charge in [-0.05, 0) is 108 Å². The Bertz CT molecular complexity index is 831. The molecule has 0 aromatic rings. The lowest BCUT2D eigenvalue weighted by atomic mass is 9.32. The van der Waals surface area contributed by atoms with Crippen molar-refractivity contribution in [1.82, 2.24) is 0 Å². The molecule has 5 aliphatic rings. The van der Waals surface area contributed by atoms with Crippen molar-refractivity contribution in [3.63, 3.8) is 0 Å². The third-order valence-corrected chi connectivity index (χ3v) is 12.7. The highest BCUT2D eigenvalue weighted by molar-refractivity contribution is 6.00. The predicted molar refractivity (Wildman–Crippen MR) is 130 cm³/mol. The molecule has 0 unspecified atom stereocenters. The van der Waals surface area contributed by atoms with E-state index in [0.29, 0.717) is 39.3 Å². The van der Waals surface area contributed by atoms with E-state index in [1.165, 1.54) is 63.4 Å². The summed E-state index contributed by atoms with van der Waals surface area (Å²) in [6.07, 6.45) is 13.1. The Balaban J connectivity index is 1.57. The molecular formula is C30H48O. The zero-order valence-electron chi connectivity index (χ0n) is 21.8. The molecule has 5 rings (SSSR count). The van der Waals surface area contributed by atoms with Crippen molar-refractivity contribution in [3.05, 3.63) is 11.1 Å².